The van der Waals surface area contributed by atoms with Crippen LogP contribution >= 0.6 is 0 Å². The Balaban J connectivity index is 2.45. The van der Waals surface area contributed by atoms with Crippen LogP contribution in [0.5, 0.6) is 5.75 Å². The number of carbonyl (C=O) groups excluding carboxylic acids is 2. The lowest BCUT2D eigenvalue weighted by atomic mass is 10.0. The van der Waals surface area contributed by atoms with Crippen molar-refractivity contribution < 1.29 is 19.4 Å². The summed E-state index contributed by atoms with van der Waals surface area (Å²) in [6.07, 6.45) is 0.126. The zero-order valence-corrected chi connectivity index (χ0v) is 11.5. The van der Waals surface area contributed by atoms with E-state index in [0.717, 1.165) is 5.56 Å². The quantitative estimate of drug-likeness (QED) is 0.728. The van der Waals surface area contributed by atoms with Gasteiger partial charge in [-0.25, -0.2) is 0 Å². The highest BCUT2D eigenvalue weighted by atomic mass is 16.5. The minimum absolute atomic E-state index is 0.127. The molecular formula is C14H18N2O4. The number of nitrogens with one attached hydrogen (secondary N) is 2. The molecule has 0 saturated heterocycles. The molecule has 0 bridgehead atoms. The first-order chi connectivity index (χ1) is 9.60. The van der Waals surface area contributed by atoms with Crippen molar-refractivity contribution in [2.75, 3.05) is 20.2 Å². The Morgan fingerprint density at radius 2 is 2.15 bits per heavy atom. The van der Waals surface area contributed by atoms with Crippen molar-refractivity contribution in [1.29, 1.82) is 0 Å². The van der Waals surface area contributed by atoms with E-state index in [4.69, 9.17) is 4.74 Å². The van der Waals surface area contributed by atoms with Crippen molar-refractivity contribution >= 4 is 11.8 Å². The number of rotatable bonds is 4. The number of aliphatic hydroxyl groups is 1. The van der Waals surface area contributed by atoms with Gasteiger partial charge in [0.05, 0.1) is 12.2 Å². The second-order valence-corrected chi connectivity index (χ2v) is 4.58. The van der Waals surface area contributed by atoms with Gasteiger partial charge in [0.1, 0.15) is 11.9 Å². The second-order valence-electron chi connectivity index (χ2n) is 4.58. The smallest absolute Gasteiger partial charge is 0.254 e. The molecule has 108 valence electrons. The standard InChI is InChI=1S/C14H18N2O4/c1-3-16-13(18)9-4-8-5-10(7-17)20-12(8)11(6-9)14(19)15-2/h4,6,10,17H,3,5,7H2,1-2H3,(H,15,19)(H,16,18). The number of carbonyl (C=O) groups is 2. The predicted molar refractivity (Wildman–Crippen MR) is 73.0 cm³/mol. The van der Waals surface area contributed by atoms with Crippen LogP contribution in [0.3, 0.4) is 0 Å². The fraction of sp³-hybridized carbons (Fsp3) is 0.429. The van der Waals surface area contributed by atoms with Crippen LogP contribution < -0.4 is 15.4 Å². The van der Waals surface area contributed by atoms with E-state index < -0.39 is 0 Å². The first-order valence-corrected chi connectivity index (χ1v) is 6.55. The zero-order valence-electron chi connectivity index (χ0n) is 11.5. The Morgan fingerprint density at radius 3 is 2.75 bits per heavy atom. The third-order valence-electron chi connectivity index (χ3n) is 3.17. The fourth-order valence-corrected chi connectivity index (χ4v) is 2.23. The van der Waals surface area contributed by atoms with Gasteiger partial charge in [0.2, 0.25) is 0 Å². The Bertz CT molecular complexity index is 542. The molecule has 0 saturated carbocycles. The summed E-state index contributed by atoms with van der Waals surface area (Å²) in [5.41, 5.74) is 1.51. The summed E-state index contributed by atoms with van der Waals surface area (Å²) in [5, 5.41) is 14.4. The lowest BCUT2D eigenvalue weighted by Crippen LogP contribution is -2.24. The largest absolute Gasteiger partial charge is 0.487 e. The Morgan fingerprint density at radius 1 is 1.40 bits per heavy atom. The molecule has 0 fully saturated rings. The minimum atomic E-state index is -0.363. The highest BCUT2D eigenvalue weighted by Crippen LogP contribution is 2.33. The summed E-state index contributed by atoms with van der Waals surface area (Å²) in [6.45, 7) is 2.22. The minimum Gasteiger partial charge on any atom is -0.487 e. The summed E-state index contributed by atoms with van der Waals surface area (Å²) in [5.74, 6) is -0.0876. The molecule has 6 heteroatoms. The molecule has 1 atom stereocenters. The van der Waals surface area contributed by atoms with E-state index in [9.17, 15) is 14.7 Å². The predicted octanol–water partition coefficient (Wildman–Crippen LogP) is 0.0917. The van der Waals surface area contributed by atoms with Crippen molar-refractivity contribution in [2.45, 2.75) is 19.4 Å². The van der Waals surface area contributed by atoms with Crippen molar-refractivity contribution in [3.63, 3.8) is 0 Å². The maximum Gasteiger partial charge on any atom is 0.254 e. The van der Waals surface area contributed by atoms with Gasteiger partial charge < -0.3 is 20.5 Å². The number of ether oxygens (including phenoxy) is 1. The van der Waals surface area contributed by atoms with Crippen LogP contribution in [0.2, 0.25) is 0 Å². The van der Waals surface area contributed by atoms with E-state index in [1.807, 2.05) is 6.92 Å². The maximum absolute atomic E-state index is 11.9. The number of fused-ring (bicyclic) bond motifs is 1. The van der Waals surface area contributed by atoms with Gasteiger partial charge in [-0.05, 0) is 24.6 Å². The highest BCUT2D eigenvalue weighted by Gasteiger charge is 2.28. The summed E-state index contributed by atoms with van der Waals surface area (Å²) >= 11 is 0. The van der Waals surface area contributed by atoms with Gasteiger partial charge >= 0.3 is 0 Å². The molecule has 0 aromatic heterocycles. The molecule has 20 heavy (non-hydrogen) atoms. The average molecular weight is 278 g/mol. The van der Waals surface area contributed by atoms with Crippen LogP contribution in [0.4, 0.5) is 0 Å². The molecular weight excluding hydrogens is 260 g/mol. The Kier molecular flexibility index (Phi) is 4.24. The third-order valence-corrected chi connectivity index (χ3v) is 3.17. The molecule has 6 nitrogen and oxygen atoms in total. The molecule has 1 unspecified atom stereocenters. The van der Waals surface area contributed by atoms with Crippen LogP contribution in [0, 0.1) is 0 Å². The molecule has 1 aliphatic rings. The van der Waals surface area contributed by atoms with E-state index in [1.54, 1.807) is 6.07 Å². The van der Waals surface area contributed by atoms with Crippen LogP contribution in [-0.4, -0.2) is 43.2 Å². The second kappa shape index (κ2) is 5.92. The first-order valence-electron chi connectivity index (χ1n) is 6.55. The highest BCUT2D eigenvalue weighted by molar-refractivity contribution is 6.02. The van der Waals surface area contributed by atoms with E-state index >= 15 is 0 Å². The van der Waals surface area contributed by atoms with Crippen LogP contribution in [0.25, 0.3) is 0 Å². The number of aliphatic hydroxyl groups excluding tert-OH is 1. The van der Waals surface area contributed by atoms with Crippen LogP contribution in [-0.2, 0) is 6.42 Å². The van der Waals surface area contributed by atoms with Crippen molar-refractivity contribution in [2.24, 2.45) is 0 Å². The van der Waals surface area contributed by atoms with Crippen molar-refractivity contribution in [1.82, 2.24) is 10.6 Å². The van der Waals surface area contributed by atoms with Gasteiger partial charge in [-0.2, -0.15) is 0 Å². The van der Waals surface area contributed by atoms with Crippen LogP contribution in [0.1, 0.15) is 33.2 Å². The molecule has 1 heterocycles. The van der Waals surface area contributed by atoms with E-state index in [2.05, 4.69) is 10.6 Å². The molecule has 2 rings (SSSR count). The summed E-state index contributed by atoms with van der Waals surface area (Å²) in [4.78, 5) is 23.8. The molecule has 1 aromatic rings. The van der Waals surface area contributed by atoms with Gasteiger partial charge in [-0.15, -0.1) is 0 Å². The molecule has 1 aromatic carbocycles. The monoisotopic (exact) mass is 278 g/mol. The Hall–Kier alpha value is -2.08. The van der Waals surface area contributed by atoms with Gasteiger partial charge in [0, 0.05) is 25.6 Å². The third kappa shape index (κ3) is 2.60. The van der Waals surface area contributed by atoms with Gasteiger partial charge in [0.25, 0.3) is 11.8 Å². The molecule has 3 N–H and O–H groups in total. The molecule has 1 aliphatic heterocycles. The maximum atomic E-state index is 11.9. The van der Waals surface area contributed by atoms with Crippen molar-refractivity contribution in [3.8, 4) is 5.75 Å². The number of hydrogen-bond donors (Lipinski definition) is 3. The topological polar surface area (TPSA) is 87.7 Å². The SMILES string of the molecule is CCNC(=O)c1cc2c(c(C(=O)NC)c1)OC(CO)C2. The molecule has 0 aliphatic carbocycles. The van der Waals surface area contributed by atoms with Crippen LogP contribution in [0.15, 0.2) is 12.1 Å². The van der Waals surface area contributed by atoms with Gasteiger partial charge in [-0.3, -0.25) is 9.59 Å². The summed E-state index contributed by atoms with van der Waals surface area (Å²) in [6, 6.07) is 3.23. The fourth-order valence-electron chi connectivity index (χ4n) is 2.23. The molecule has 0 radical (unpaired) electrons. The summed E-state index contributed by atoms with van der Waals surface area (Å²) < 4.78 is 5.56. The summed E-state index contributed by atoms with van der Waals surface area (Å²) in [7, 11) is 1.52. The zero-order chi connectivity index (χ0) is 14.7. The normalized spacial score (nSPS) is 16.2. The first kappa shape index (κ1) is 14.3. The van der Waals surface area contributed by atoms with Crippen molar-refractivity contribution in [3.05, 3.63) is 28.8 Å². The Labute approximate surface area is 117 Å². The lowest BCUT2D eigenvalue weighted by Gasteiger charge is -2.11. The van der Waals surface area contributed by atoms with Gasteiger partial charge in [-0.1, -0.05) is 0 Å². The van der Waals surface area contributed by atoms with Gasteiger partial charge in [0.15, 0.2) is 0 Å². The van der Waals surface area contributed by atoms with E-state index in [1.165, 1.54) is 13.1 Å². The van der Waals surface area contributed by atoms with E-state index in [-0.39, 0.29) is 24.5 Å². The number of benzene rings is 1. The number of amides is 2. The molecule has 2 amide bonds. The average Bonchev–Trinajstić information content (AvgIpc) is 2.88. The molecule has 0 spiro atoms. The number of hydrogen-bond acceptors (Lipinski definition) is 4. The lowest BCUT2D eigenvalue weighted by molar-refractivity contribution is 0.0951. The van der Waals surface area contributed by atoms with E-state index in [0.29, 0.717) is 29.8 Å².